The predicted octanol–water partition coefficient (Wildman–Crippen LogP) is 6.20. The van der Waals surface area contributed by atoms with E-state index in [-0.39, 0.29) is 0 Å². The molecule has 3 rings (SSSR count). The van der Waals surface area contributed by atoms with Crippen molar-refractivity contribution in [3.8, 4) is 0 Å². The number of hydrogen-bond acceptors (Lipinski definition) is 0. The molecule has 0 nitrogen and oxygen atoms in total. The molecule has 3 saturated carbocycles. The van der Waals surface area contributed by atoms with Gasteiger partial charge in [0.1, 0.15) is 0 Å². The summed E-state index contributed by atoms with van der Waals surface area (Å²) in [5.41, 5.74) is 0. The largest absolute Gasteiger partial charge is 0.0625 e. The third kappa shape index (κ3) is 3.56. The maximum Gasteiger partial charge on any atom is -0.0383 e. The highest BCUT2D eigenvalue weighted by Gasteiger charge is 2.33. The summed E-state index contributed by atoms with van der Waals surface area (Å²) >= 11 is 0. The van der Waals surface area contributed by atoms with Crippen molar-refractivity contribution in [1.29, 1.82) is 0 Å². The first-order valence-corrected chi connectivity index (χ1v) is 9.33. The maximum atomic E-state index is 2.49. The molecule has 0 heterocycles. The van der Waals surface area contributed by atoms with Gasteiger partial charge in [-0.2, -0.15) is 0 Å². The molecule has 3 aliphatic rings. The molecule has 0 spiro atoms. The van der Waals surface area contributed by atoms with Gasteiger partial charge in [-0.05, 0) is 61.7 Å². The van der Waals surface area contributed by atoms with Crippen LogP contribution in [-0.4, -0.2) is 0 Å². The van der Waals surface area contributed by atoms with Crippen LogP contribution in [0.3, 0.4) is 0 Å². The lowest BCUT2D eigenvalue weighted by atomic mass is 9.65. The zero-order valence-corrected chi connectivity index (χ0v) is 13.1. The highest BCUT2D eigenvalue weighted by Crippen LogP contribution is 2.45. The van der Waals surface area contributed by atoms with E-state index in [4.69, 9.17) is 0 Å². The Morgan fingerprint density at radius 2 is 1.00 bits per heavy atom. The Kier molecular flexibility index (Phi) is 4.87. The first kappa shape index (κ1) is 14.0. The van der Waals surface area contributed by atoms with Crippen molar-refractivity contribution >= 4 is 0 Å². The smallest absolute Gasteiger partial charge is 0.0383 e. The van der Waals surface area contributed by atoms with Crippen LogP contribution in [0.1, 0.15) is 90.4 Å². The molecular weight excluding hydrogens is 228 g/mol. The molecule has 3 fully saturated rings. The molecule has 0 radical (unpaired) electrons. The van der Waals surface area contributed by atoms with Gasteiger partial charge in [-0.3, -0.25) is 0 Å². The van der Waals surface area contributed by atoms with Gasteiger partial charge in [-0.25, -0.2) is 0 Å². The van der Waals surface area contributed by atoms with Gasteiger partial charge in [0.05, 0.1) is 0 Å². The lowest BCUT2D eigenvalue weighted by Gasteiger charge is -2.40. The third-order valence-electron chi connectivity index (χ3n) is 6.78. The monoisotopic (exact) mass is 262 g/mol. The third-order valence-corrected chi connectivity index (χ3v) is 6.78. The van der Waals surface area contributed by atoms with Crippen LogP contribution in [0.4, 0.5) is 0 Å². The quantitative estimate of drug-likeness (QED) is 0.556. The zero-order chi connectivity index (χ0) is 13.1. The highest BCUT2D eigenvalue weighted by atomic mass is 14.4. The summed E-state index contributed by atoms with van der Waals surface area (Å²) in [6.45, 7) is 2.49. The van der Waals surface area contributed by atoms with E-state index in [0.29, 0.717) is 0 Å². The second-order valence-corrected chi connectivity index (χ2v) is 8.10. The summed E-state index contributed by atoms with van der Waals surface area (Å²) in [6.07, 6.45) is 20.2. The molecule has 19 heavy (non-hydrogen) atoms. The predicted molar refractivity (Wildman–Crippen MR) is 83.1 cm³/mol. The lowest BCUT2D eigenvalue weighted by molar-refractivity contribution is 0.111. The maximum absolute atomic E-state index is 2.49. The van der Waals surface area contributed by atoms with E-state index in [2.05, 4.69) is 6.92 Å². The SMILES string of the molecule is CC1CCCC(C2CCC(C3CCCCC3)CC2)C1. The summed E-state index contributed by atoms with van der Waals surface area (Å²) in [5, 5.41) is 0. The van der Waals surface area contributed by atoms with Crippen LogP contribution in [0, 0.1) is 29.6 Å². The molecule has 110 valence electrons. The van der Waals surface area contributed by atoms with Crippen LogP contribution in [-0.2, 0) is 0 Å². The minimum atomic E-state index is 1.02. The van der Waals surface area contributed by atoms with Crippen molar-refractivity contribution in [1.82, 2.24) is 0 Å². The molecule has 0 aromatic rings. The number of rotatable bonds is 2. The van der Waals surface area contributed by atoms with Crippen molar-refractivity contribution in [2.24, 2.45) is 29.6 Å². The fourth-order valence-corrected chi connectivity index (χ4v) is 5.60. The Bertz CT molecular complexity index is 255. The van der Waals surface area contributed by atoms with Gasteiger partial charge in [-0.1, -0.05) is 58.3 Å². The molecule has 0 aromatic heterocycles. The van der Waals surface area contributed by atoms with Crippen LogP contribution < -0.4 is 0 Å². The normalized spacial score (nSPS) is 42.2. The average Bonchev–Trinajstić information content (AvgIpc) is 2.48. The Hall–Kier alpha value is 0. The molecule has 3 aliphatic carbocycles. The van der Waals surface area contributed by atoms with E-state index >= 15 is 0 Å². The Balaban J connectivity index is 1.46. The summed E-state index contributed by atoms with van der Waals surface area (Å²) in [7, 11) is 0. The molecule has 0 aromatic carbocycles. The molecule has 0 aliphatic heterocycles. The van der Waals surface area contributed by atoms with Crippen molar-refractivity contribution in [2.45, 2.75) is 90.4 Å². The highest BCUT2D eigenvalue weighted by molar-refractivity contribution is 4.84. The first-order valence-electron chi connectivity index (χ1n) is 9.33. The average molecular weight is 262 g/mol. The van der Waals surface area contributed by atoms with Crippen LogP contribution in [0.2, 0.25) is 0 Å². The molecule has 0 amide bonds. The van der Waals surface area contributed by atoms with Crippen LogP contribution in [0.15, 0.2) is 0 Å². The molecule has 0 heteroatoms. The van der Waals surface area contributed by atoms with Crippen LogP contribution >= 0.6 is 0 Å². The minimum absolute atomic E-state index is 1.02. The summed E-state index contributed by atoms with van der Waals surface area (Å²) in [5.74, 6) is 5.49. The van der Waals surface area contributed by atoms with Gasteiger partial charge in [0.15, 0.2) is 0 Å². The molecule has 0 bridgehead atoms. The van der Waals surface area contributed by atoms with E-state index in [9.17, 15) is 0 Å². The topological polar surface area (TPSA) is 0 Å². The van der Waals surface area contributed by atoms with Gasteiger partial charge in [0.25, 0.3) is 0 Å². The van der Waals surface area contributed by atoms with E-state index in [1.54, 1.807) is 51.4 Å². The van der Waals surface area contributed by atoms with E-state index in [1.807, 2.05) is 0 Å². The summed E-state index contributed by atoms with van der Waals surface area (Å²) in [6, 6.07) is 0. The van der Waals surface area contributed by atoms with Gasteiger partial charge in [0.2, 0.25) is 0 Å². The Labute approximate surface area is 120 Å². The minimum Gasteiger partial charge on any atom is -0.0625 e. The Morgan fingerprint density at radius 3 is 1.63 bits per heavy atom. The van der Waals surface area contributed by atoms with Gasteiger partial charge in [-0.15, -0.1) is 0 Å². The van der Waals surface area contributed by atoms with Gasteiger partial charge < -0.3 is 0 Å². The molecular formula is C19H34. The molecule has 0 N–H and O–H groups in total. The summed E-state index contributed by atoms with van der Waals surface area (Å²) in [4.78, 5) is 0. The first-order chi connectivity index (χ1) is 9.33. The van der Waals surface area contributed by atoms with Crippen molar-refractivity contribution < 1.29 is 0 Å². The fourth-order valence-electron chi connectivity index (χ4n) is 5.60. The van der Waals surface area contributed by atoms with E-state index < -0.39 is 0 Å². The van der Waals surface area contributed by atoms with Crippen LogP contribution in [0.5, 0.6) is 0 Å². The lowest BCUT2D eigenvalue weighted by Crippen LogP contribution is -2.29. The summed E-state index contributed by atoms with van der Waals surface area (Å²) < 4.78 is 0. The van der Waals surface area contributed by atoms with Gasteiger partial charge in [0, 0.05) is 0 Å². The molecule has 2 atom stereocenters. The van der Waals surface area contributed by atoms with Crippen molar-refractivity contribution in [3.05, 3.63) is 0 Å². The van der Waals surface area contributed by atoms with Gasteiger partial charge >= 0.3 is 0 Å². The molecule has 2 unspecified atom stereocenters. The van der Waals surface area contributed by atoms with Crippen molar-refractivity contribution in [2.75, 3.05) is 0 Å². The van der Waals surface area contributed by atoms with E-state index in [1.165, 1.54) is 32.1 Å². The zero-order valence-electron chi connectivity index (χ0n) is 13.1. The number of hydrogen-bond donors (Lipinski definition) is 0. The second kappa shape index (κ2) is 6.64. The van der Waals surface area contributed by atoms with Crippen molar-refractivity contribution in [3.63, 3.8) is 0 Å². The molecule has 0 saturated heterocycles. The second-order valence-electron chi connectivity index (χ2n) is 8.10. The fraction of sp³-hybridized carbons (Fsp3) is 1.00. The standard InChI is InChI=1S/C19H34/c1-15-6-5-9-19(14-15)18-12-10-17(11-13-18)16-7-3-2-4-8-16/h15-19H,2-14H2,1H3. The Morgan fingerprint density at radius 1 is 0.474 bits per heavy atom. The van der Waals surface area contributed by atoms with E-state index in [0.717, 1.165) is 29.6 Å². The van der Waals surface area contributed by atoms with Crippen LogP contribution in [0.25, 0.3) is 0 Å².